The Bertz CT molecular complexity index is 843. The first-order chi connectivity index (χ1) is 11.7. The molecule has 1 amide bonds. The van der Waals surface area contributed by atoms with Crippen molar-refractivity contribution < 1.29 is 22.7 Å². The van der Waals surface area contributed by atoms with Crippen LogP contribution in [0.3, 0.4) is 0 Å². The lowest BCUT2D eigenvalue weighted by Gasteiger charge is -2.16. The van der Waals surface area contributed by atoms with E-state index in [0.717, 1.165) is 12.1 Å². The van der Waals surface area contributed by atoms with E-state index >= 15 is 0 Å². The highest BCUT2D eigenvalue weighted by atomic mass is 19.4. The minimum absolute atomic E-state index is 0.135. The summed E-state index contributed by atoms with van der Waals surface area (Å²) in [6, 6.07) is 2.62. The zero-order valence-corrected chi connectivity index (χ0v) is 14.1. The van der Waals surface area contributed by atoms with Gasteiger partial charge in [-0.3, -0.25) is 9.59 Å². The molecular formula is C17H19F3N2O3. The predicted molar refractivity (Wildman–Crippen MR) is 87.7 cm³/mol. The fourth-order valence-electron chi connectivity index (χ4n) is 2.59. The number of nitrogens with zero attached hydrogens (tertiary/aromatic N) is 1. The molecule has 1 heterocycles. The Kier molecular flexibility index (Phi) is 5.52. The Hall–Kier alpha value is -2.35. The van der Waals surface area contributed by atoms with Crippen LogP contribution in [-0.2, 0) is 17.5 Å². The predicted octanol–water partition coefficient (Wildman–Crippen LogP) is 2.80. The Morgan fingerprint density at radius 2 is 2.04 bits per heavy atom. The van der Waals surface area contributed by atoms with Crippen LogP contribution in [0.5, 0.6) is 0 Å². The summed E-state index contributed by atoms with van der Waals surface area (Å²) in [5.74, 6) is -0.643. The van der Waals surface area contributed by atoms with E-state index in [1.807, 2.05) is 0 Å². The van der Waals surface area contributed by atoms with E-state index < -0.39 is 23.1 Å². The van der Waals surface area contributed by atoms with Gasteiger partial charge in [-0.05, 0) is 32.0 Å². The molecule has 2 rings (SSSR count). The summed E-state index contributed by atoms with van der Waals surface area (Å²) in [5.41, 5.74) is -1.50. The maximum atomic E-state index is 12.9. The molecule has 136 valence electrons. The Morgan fingerprint density at radius 1 is 1.36 bits per heavy atom. The van der Waals surface area contributed by atoms with Gasteiger partial charge in [0.15, 0.2) is 0 Å². The summed E-state index contributed by atoms with van der Waals surface area (Å²) in [4.78, 5) is 24.9. The van der Waals surface area contributed by atoms with E-state index in [0.29, 0.717) is 12.1 Å². The zero-order chi connectivity index (χ0) is 18.8. The molecule has 0 saturated carbocycles. The van der Waals surface area contributed by atoms with E-state index in [1.54, 1.807) is 18.4 Å². The lowest BCUT2D eigenvalue weighted by Crippen LogP contribution is -2.38. The Labute approximate surface area is 142 Å². The second-order valence-electron chi connectivity index (χ2n) is 5.72. The molecular weight excluding hydrogens is 337 g/mol. The van der Waals surface area contributed by atoms with Crippen molar-refractivity contribution >= 4 is 16.8 Å². The first kappa shape index (κ1) is 19.0. The van der Waals surface area contributed by atoms with Crippen LogP contribution in [0.2, 0.25) is 0 Å². The molecule has 0 radical (unpaired) electrons. The number of alkyl halides is 3. The van der Waals surface area contributed by atoms with Gasteiger partial charge >= 0.3 is 6.18 Å². The lowest BCUT2D eigenvalue weighted by atomic mass is 10.1. The molecule has 0 spiro atoms. The van der Waals surface area contributed by atoms with Crippen molar-refractivity contribution in [1.82, 2.24) is 9.88 Å². The van der Waals surface area contributed by atoms with Crippen molar-refractivity contribution in [3.05, 3.63) is 45.7 Å². The van der Waals surface area contributed by atoms with Crippen molar-refractivity contribution in [2.24, 2.45) is 0 Å². The number of nitrogens with one attached hydrogen (secondary N) is 1. The van der Waals surface area contributed by atoms with Crippen LogP contribution >= 0.6 is 0 Å². The van der Waals surface area contributed by atoms with Gasteiger partial charge in [0.05, 0.1) is 17.7 Å². The molecule has 0 aliphatic rings. The van der Waals surface area contributed by atoms with Gasteiger partial charge in [-0.15, -0.1) is 0 Å². The number of carbonyl (C=O) groups excluding carboxylic acids is 1. The number of ether oxygens (including phenoxy) is 1. The van der Waals surface area contributed by atoms with Crippen LogP contribution in [0.1, 0.15) is 29.8 Å². The number of aromatic nitrogens is 1. The third kappa shape index (κ3) is 4.01. The minimum atomic E-state index is -4.57. The molecule has 25 heavy (non-hydrogen) atoms. The highest BCUT2D eigenvalue weighted by Crippen LogP contribution is 2.30. The van der Waals surface area contributed by atoms with E-state index in [4.69, 9.17) is 4.74 Å². The SMILES string of the molecule is CCn1cc(C(=O)NC(C)COC)c(=O)c2cc(C(F)(F)F)ccc21. The summed E-state index contributed by atoms with van der Waals surface area (Å²) in [7, 11) is 1.47. The van der Waals surface area contributed by atoms with Gasteiger partial charge < -0.3 is 14.6 Å². The quantitative estimate of drug-likeness (QED) is 0.896. The van der Waals surface area contributed by atoms with Crippen LogP contribution in [0, 0.1) is 0 Å². The molecule has 0 bridgehead atoms. The monoisotopic (exact) mass is 356 g/mol. The number of amides is 1. The summed E-state index contributed by atoms with van der Waals surface area (Å²) in [6.45, 7) is 4.12. The summed E-state index contributed by atoms with van der Waals surface area (Å²) in [6.07, 6.45) is -3.20. The van der Waals surface area contributed by atoms with E-state index in [2.05, 4.69) is 5.32 Å². The number of aryl methyl sites for hydroxylation is 1. The van der Waals surface area contributed by atoms with Crippen LogP contribution in [0.4, 0.5) is 13.2 Å². The number of fused-ring (bicyclic) bond motifs is 1. The van der Waals surface area contributed by atoms with Gasteiger partial charge in [0.2, 0.25) is 5.43 Å². The smallest absolute Gasteiger partial charge is 0.383 e. The van der Waals surface area contributed by atoms with Crippen molar-refractivity contribution in [3.8, 4) is 0 Å². The molecule has 1 N–H and O–H groups in total. The molecule has 8 heteroatoms. The lowest BCUT2D eigenvalue weighted by molar-refractivity contribution is -0.137. The first-order valence-electron chi connectivity index (χ1n) is 7.73. The van der Waals surface area contributed by atoms with Gasteiger partial charge in [-0.25, -0.2) is 0 Å². The molecule has 1 unspecified atom stereocenters. The Balaban J connectivity index is 2.60. The molecule has 1 aromatic heterocycles. The number of rotatable bonds is 5. The third-order valence-corrected chi connectivity index (χ3v) is 3.79. The number of halogens is 3. The second-order valence-corrected chi connectivity index (χ2v) is 5.72. The summed E-state index contributed by atoms with van der Waals surface area (Å²) in [5, 5.41) is 2.46. The van der Waals surface area contributed by atoms with Crippen molar-refractivity contribution in [3.63, 3.8) is 0 Å². The molecule has 0 fully saturated rings. The van der Waals surface area contributed by atoms with Crippen molar-refractivity contribution in [2.45, 2.75) is 32.6 Å². The van der Waals surface area contributed by atoms with Gasteiger partial charge in [-0.2, -0.15) is 13.2 Å². The molecule has 1 atom stereocenters. The van der Waals surface area contributed by atoms with Gasteiger partial charge in [0.1, 0.15) is 5.56 Å². The van der Waals surface area contributed by atoms with Gasteiger partial charge in [0.25, 0.3) is 5.91 Å². The second kappa shape index (κ2) is 7.26. The molecule has 1 aromatic carbocycles. The Morgan fingerprint density at radius 3 is 2.60 bits per heavy atom. The molecule has 0 aliphatic carbocycles. The van der Waals surface area contributed by atoms with Crippen LogP contribution in [0.25, 0.3) is 10.9 Å². The van der Waals surface area contributed by atoms with Crippen LogP contribution in [0.15, 0.2) is 29.2 Å². The number of pyridine rings is 1. The highest BCUT2D eigenvalue weighted by Gasteiger charge is 2.31. The fourth-order valence-corrected chi connectivity index (χ4v) is 2.59. The van der Waals surface area contributed by atoms with E-state index in [-0.39, 0.29) is 23.6 Å². The maximum Gasteiger partial charge on any atom is 0.416 e. The van der Waals surface area contributed by atoms with Crippen LogP contribution in [-0.4, -0.2) is 30.2 Å². The number of hydrogen-bond donors (Lipinski definition) is 1. The number of methoxy groups -OCH3 is 1. The largest absolute Gasteiger partial charge is 0.416 e. The normalized spacial score (nSPS) is 13.0. The molecule has 5 nitrogen and oxygen atoms in total. The molecule has 0 aliphatic heterocycles. The topological polar surface area (TPSA) is 60.3 Å². The van der Waals surface area contributed by atoms with E-state index in [9.17, 15) is 22.8 Å². The number of benzene rings is 1. The zero-order valence-electron chi connectivity index (χ0n) is 14.1. The first-order valence-corrected chi connectivity index (χ1v) is 7.73. The minimum Gasteiger partial charge on any atom is -0.383 e. The van der Waals surface area contributed by atoms with Crippen LogP contribution < -0.4 is 10.7 Å². The molecule has 0 saturated heterocycles. The summed E-state index contributed by atoms with van der Waals surface area (Å²) >= 11 is 0. The average molecular weight is 356 g/mol. The number of carbonyl (C=O) groups is 1. The molecule has 2 aromatic rings. The summed E-state index contributed by atoms with van der Waals surface area (Å²) < 4.78 is 45.3. The van der Waals surface area contributed by atoms with E-state index in [1.165, 1.54) is 19.4 Å². The van der Waals surface area contributed by atoms with Gasteiger partial charge in [0, 0.05) is 31.3 Å². The fraction of sp³-hybridized carbons (Fsp3) is 0.412. The maximum absolute atomic E-state index is 12.9. The highest BCUT2D eigenvalue weighted by molar-refractivity contribution is 5.97. The average Bonchev–Trinajstić information content (AvgIpc) is 2.54. The standard InChI is InChI=1S/C17H19F3N2O3/c1-4-22-8-13(16(24)21-10(2)9-25-3)15(23)12-7-11(17(18,19)20)5-6-14(12)22/h5-8,10H,4,9H2,1-3H3,(H,21,24). The van der Waals surface area contributed by atoms with Crippen molar-refractivity contribution in [1.29, 1.82) is 0 Å². The van der Waals surface area contributed by atoms with Crippen molar-refractivity contribution in [2.75, 3.05) is 13.7 Å². The number of hydrogen-bond acceptors (Lipinski definition) is 3. The van der Waals surface area contributed by atoms with Gasteiger partial charge in [-0.1, -0.05) is 0 Å². The third-order valence-electron chi connectivity index (χ3n) is 3.79.